The Kier molecular flexibility index (Phi) is 7.13. The maximum atomic E-state index is 12.8. The van der Waals surface area contributed by atoms with Gasteiger partial charge >= 0.3 is 0 Å². The van der Waals surface area contributed by atoms with Crippen molar-refractivity contribution in [2.24, 2.45) is 4.99 Å². The molecule has 1 atom stereocenters. The Morgan fingerprint density at radius 3 is 2.60 bits per heavy atom. The molecule has 0 radical (unpaired) electrons. The van der Waals surface area contributed by atoms with Crippen molar-refractivity contribution in [2.75, 3.05) is 26.1 Å². The molecule has 8 heteroatoms. The summed E-state index contributed by atoms with van der Waals surface area (Å²) in [6.07, 6.45) is 1.67. The zero-order chi connectivity index (χ0) is 21.5. The van der Waals surface area contributed by atoms with Crippen LogP contribution in [-0.4, -0.2) is 47.9 Å². The predicted molar refractivity (Wildman–Crippen MR) is 120 cm³/mol. The van der Waals surface area contributed by atoms with Crippen LogP contribution < -0.4 is 14.8 Å². The zero-order valence-corrected chi connectivity index (χ0v) is 17.6. The SMILES string of the molecule is C=CCN1C(=O)C(CC(=O)Nc2ccc(OC)c(OC)c2)SC1=Nc1ccccc1. The normalized spacial score (nSPS) is 17.1. The van der Waals surface area contributed by atoms with Gasteiger partial charge in [-0.05, 0) is 24.3 Å². The topological polar surface area (TPSA) is 80.2 Å². The van der Waals surface area contributed by atoms with Crippen molar-refractivity contribution in [3.8, 4) is 11.5 Å². The summed E-state index contributed by atoms with van der Waals surface area (Å²) in [5.41, 5.74) is 1.31. The lowest BCUT2D eigenvalue weighted by atomic mass is 10.2. The van der Waals surface area contributed by atoms with Gasteiger partial charge < -0.3 is 14.8 Å². The number of thioether (sulfide) groups is 1. The van der Waals surface area contributed by atoms with Gasteiger partial charge in [-0.1, -0.05) is 36.0 Å². The second-order valence-corrected chi connectivity index (χ2v) is 7.57. The van der Waals surface area contributed by atoms with Gasteiger partial charge in [-0.25, -0.2) is 4.99 Å². The number of rotatable bonds is 8. The van der Waals surface area contributed by atoms with Crippen LogP contribution in [-0.2, 0) is 9.59 Å². The zero-order valence-electron chi connectivity index (χ0n) is 16.8. The van der Waals surface area contributed by atoms with Crippen LogP contribution in [0.15, 0.2) is 66.2 Å². The number of aliphatic imine (C=N–C) groups is 1. The number of ether oxygens (including phenoxy) is 2. The fourth-order valence-electron chi connectivity index (χ4n) is 2.93. The number of benzene rings is 2. The summed E-state index contributed by atoms with van der Waals surface area (Å²) in [4.78, 5) is 31.5. The Morgan fingerprint density at radius 2 is 1.93 bits per heavy atom. The van der Waals surface area contributed by atoms with Crippen LogP contribution in [0.5, 0.6) is 11.5 Å². The molecule has 30 heavy (non-hydrogen) atoms. The second-order valence-electron chi connectivity index (χ2n) is 6.40. The molecule has 0 aromatic heterocycles. The van der Waals surface area contributed by atoms with Crippen molar-refractivity contribution in [2.45, 2.75) is 11.7 Å². The van der Waals surface area contributed by atoms with E-state index in [1.807, 2.05) is 30.3 Å². The van der Waals surface area contributed by atoms with E-state index in [1.165, 1.54) is 18.9 Å². The molecule has 2 amide bonds. The van der Waals surface area contributed by atoms with E-state index in [9.17, 15) is 9.59 Å². The van der Waals surface area contributed by atoms with Gasteiger partial charge in [0.25, 0.3) is 0 Å². The molecule has 1 fully saturated rings. The summed E-state index contributed by atoms with van der Waals surface area (Å²) < 4.78 is 10.5. The van der Waals surface area contributed by atoms with Crippen LogP contribution in [0.1, 0.15) is 6.42 Å². The minimum Gasteiger partial charge on any atom is -0.493 e. The lowest BCUT2D eigenvalue weighted by Crippen LogP contribution is -2.33. The molecule has 0 spiro atoms. The molecule has 3 rings (SSSR count). The van der Waals surface area contributed by atoms with Gasteiger partial charge in [0.05, 0.1) is 19.9 Å². The molecule has 7 nitrogen and oxygen atoms in total. The van der Waals surface area contributed by atoms with E-state index in [-0.39, 0.29) is 18.2 Å². The molecule has 2 aromatic rings. The standard InChI is InChI=1S/C22H23N3O4S/c1-4-12-25-21(27)19(30-22(25)24-15-8-6-5-7-9-15)14-20(26)23-16-10-11-17(28-2)18(13-16)29-3/h4-11,13,19H,1,12,14H2,2-3H3,(H,23,26). The maximum Gasteiger partial charge on any atom is 0.242 e. The van der Waals surface area contributed by atoms with Crippen molar-refractivity contribution in [1.29, 1.82) is 0 Å². The summed E-state index contributed by atoms with van der Waals surface area (Å²) in [6, 6.07) is 14.5. The fourth-order valence-corrected chi connectivity index (χ4v) is 4.10. The van der Waals surface area contributed by atoms with Crippen LogP contribution in [0, 0.1) is 0 Å². The molecule has 0 aliphatic carbocycles. The second kappa shape index (κ2) is 9.98. The first-order chi connectivity index (χ1) is 14.5. The Balaban J connectivity index is 1.71. The third-order valence-corrected chi connectivity index (χ3v) is 5.53. The van der Waals surface area contributed by atoms with E-state index in [0.717, 1.165) is 5.69 Å². The smallest absolute Gasteiger partial charge is 0.242 e. The van der Waals surface area contributed by atoms with E-state index < -0.39 is 5.25 Å². The van der Waals surface area contributed by atoms with E-state index in [2.05, 4.69) is 16.9 Å². The number of amides is 2. The molecule has 1 N–H and O–H groups in total. The Morgan fingerprint density at radius 1 is 1.20 bits per heavy atom. The highest BCUT2D eigenvalue weighted by Gasteiger charge is 2.38. The van der Waals surface area contributed by atoms with Gasteiger partial charge in [-0.3, -0.25) is 14.5 Å². The van der Waals surface area contributed by atoms with Crippen LogP contribution in [0.4, 0.5) is 11.4 Å². The Bertz CT molecular complexity index is 962. The summed E-state index contributed by atoms with van der Waals surface area (Å²) >= 11 is 1.29. The molecular formula is C22H23N3O4S. The van der Waals surface area contributed by atoms with Gasteiger partial charge in [0.15, 0.2) is 16.7 Å². The highest BCUT2D eigenvalue weighted by atomic mass is 32.2. The Labute approximate surface area is 179 Å². The quantitative estimate of drug-likeness (QED) is 0.650. The van der Waals surface area contributed by atoms with Gasteiger partial charge in [0.2, 0.25) is 11.8 Å². The number of hydrogen-bond donors (Lipinski definition) is 1. The first kappa shape index (κ1) is 21.4. The van der Waals surface area contributed by atoms with Gasteiger partial charge in [-0.15, -0.1) is 6.58 Å². The number of para-hydroxylation sites is 1. The third-order valence-electron chi connectivity index (χ3n) is 4.35. The molecule has 2 aromatic carbocycles. The summed E-state index contributed by atoms with van der Waals surface area (Å²) in [5, 5.41) is 2.82. The number of carbonyl (C=O) groups is 2. The summed E-state index contributed by atoms with van der Waals surface area (Å²) in [5.74, 6) is 0.652. The van der Waals surface area contributed by atoms with E-state index in [0.29, 0.717) is 28.9 Å². The monoisotopic (exact) mass is 425 g/mol. The number of hydrogen-bond acceptors (Lipinski definition) is 6. The molecule has 1 aliphatic heterocycles. The Hall–Kier alpha value is -3.26. The minimum absolute atomic E-state index is 0.0271. The molecule has 0 bridgehead atoms. The highest BCUT2D eigenvalue weighted by Crippen LogP contribution is 2.33. The fraction of sp³-hybridized carbons (Fsp3) is 0.227. The molecule has 156 valence electrons. The summed E-state index contributed by atoms with van der Waals surface area (Å²) in [6.45, 7) is 4.05. The lowest BCUT2D eigenvalue weighted by molar-refractivity contribution is -0.127. The van der Waals surface area contributed by atoms with Gasteiger partial charge in [-0.2, -0.15) is 0 Å². The molecule has 0 saturated carbocycles. The molecule has 1 saturated heterocycles. The number of anilines is 1. The molecule has 1 heterocycles. The number of carbonyl (C=O) groups excluding carboxylic acids is 2. The predicted octanol–water partition coefficient (Wildman–Crippen LogP) is 3.85. The number of nitrogens with zero attached hydrogens (tertiary/aromatic N) is 2. The third kappa shape index (κ3) is 5.01. The van der Waals surface area contributed by atoms with E-state index in [4.69, 9.17) is 9.47 Å². The lowest BCUT2D eigenvalue weighted by Gasteiger charge is -2.14. The molecular weight excluding hydrogens is 402 g/mol. The average Bonchev–Trinajstić information content (AvgIpc) is 3.03. The molecule has 1 aliphatic rings. The van der Waals surface area contributed by atoms with Crippen LogP contribution in [0.2, 0.25) is 0 Å². The minimum atomic E-state index is -0.549. The van der Waals surface area contributed by atoms with Gasteiger partial charge in [0.1, 0.15) is 5.25 Å². The molecule has 1 unspecified atom stereocenters. The van der Waals surface area contributed by atoms with Crippen molar-refractivity contribution < 1.29 is 19.1 Å². The van der Waals surface area contributed by atoms with E-state index >= 15 is 0 Å². The number of amidine groups is 1. The first-order valence-corrected chi connectivity index (χ1v) is 10.2. The van der Waals surface area contributed by atoms with Crippen molar-refractivity contribution in [3.63, 3.8) is 0 Å². The highest BCUT2D eigenvalue weighted by molar-refractivity contribution is 8.15. The van der Waals surface area contributed by atoms with Crippen LogP contribution >= 0.6 is 11.8 Å². The van der Waals surface area contributed by atoms with Crippen molar-refractivity contribution in [3.05, 3.63) is 61.2 Å². The van der Waals surface area contributed by atoms with Crippen molar-refractivity contribution in [1.82, 2.24) is 4.90 Å². The van der Waals surface area contributed by atoms with Gasteiger partial charge in [0, 0.05) is 24.7 Å². The largest absolute Gasteiger partial charge is 0.493 e. The van der Waals surface area contributed by atoms with Crippen molar-refractivity contribution >= 4 is 40.1 Å². The van der Waals surface area contributed by atoms with Crippen LogP contribution in [0.25, 0.3) is 0 Å². The average molecular weight is 426 g/mol. The van der Waals surface area contributed by atoms with Crippen LogP contribution in [0.3, 0.4) is 0 Å². The summed E-state index contributed by atoms with van der Waals surface area (Å²) in [7, 11) is 3.07. The maximum absolute atomic E-state index is 12.8. The number of methoxy groups -OCH3 is 2. The first-order valence-electron chi connectivity index (χ1n) is 9.30. The number of nitrogens with one attached hydrogen (secondary N) is 1. The van der Waals surface area contributed by atoms with E-state index in [1.54, 1.807) is 36.3 Å².